The molecule has 8 heteroatoms. The molecule has 0 bridgehead atoms. The van der Waals surface area contributed by atoms with E-state index in [1.54, 1.807) is 18.3 Å². The van der Waals surface area contributed by atoms with E-state index >= 15 is 0 Å². The van der Waals surface area contributed by atoms with Crippen molar-refractivity contribution in [1.29, 1.82) is 0 Å². The summed E-state index contributed by atoms with van der Waals surface area (Å²) in [7, 11) is 0. The number of thioether (sulfide) groups is 1. The topological polar surface area (TPSA) is 101 Å². The molecule has 7 nitrogen and oxygen atoms in total. The monoisotopic (exact) mass is 381 g/mol. The van der Waals surface area contributed by atoms with Crippen LogP contribution in [-0.2, 0) is 4.79 Å². The number of imide groups is 1. The normalized spacial score (nSPS) is 19.6. The second-order valence-electron chi connectivity index (χ2n) is 6.56. The first-order valence-electron chi connectivity index (χ1n) is 8.77. The van der Waals surface area contributed by atoms with Gasteiger partial charge in [-0.2, -0.15) is 0 Å². The van der Waals surface area contributed by atoms with Crippen molar-refractivity contribution in [1.82, 2.24) is 15.3 Å². The quantitative estimate of drug-likeness (QED) is 0.623. The molecule has 2 aromatic rings. The SMILES string of the molecule is Nc1ccc(C2CCN(c3nccc(/C=C4/SC(=O)NC4=O)n3)CC2)cc1. The Balaban J connectivity index is 1.44. The Morgan fingerprint density at radius 3 is 2.56 bits per heavy atom. The van der Waals surface area contributed by atoms with Crippen molar-refractivity contribution in [3.05, 3.63) is 52.7 Å². The highest BCUT2D eigenvalue weighted by atomic mass is 32.2. The predicted molar refractivity (Wildman–Crippen MR) is 106 cm³/mol. The number of carbonyl (C=O) groups excluding carboxylic acids is 2. The first kappa shape index (κ1) is 17.5. The van der Waals surface area contributed by atoms with Gasteiger partial charge in [0.15, 0.2) is 0 Å². The van der Waals surface area contributed by atoms with Crippen LogP contribution < -0.4 is 16.0 Å². The molecule has 0 spiro atoms. The Kier molecular flexibility index (Phi) is 4.81. The maximum Gasteiger partial charge on any atom is 0.290 e. The van der Waals surface area contributed by atoms with Crippen molar-refractivity contribution in [2.45, 2.75) is 18.8 Å². The van der Waals surface area contributed by atoms with Gasteiger partial charge < -0.3 is 10.6 Å². The van der Waals surface area contributed by atoms with E-state index in [4.69, 9.17) is 5.73 Å². The number of nitrogen functional groups attached to an aromatic ring is 1. The Bertz CT molecular complexity index is 905. The Hall–Kier alpha value is -2.87. The van der Waals surface area contributed by atoms with E-state index in [1.165, 1.54) is 5.56 Å². The molecule has 2 aliphatic rings. The molecule has 138 valence electrons. The molecule has 3 heterocycles. The van der Waals surface area contributed by atoms with Gasteiger partial charge in [0.25, 0.3) is 11.1 Å². The van der Waals surface area contributed by atoms with E-state index < -0.39 is 0 Å². The number of benzene rings is 1. The molecule has 1 aromatic carbocycles. The highest BCUT2D eigenvalue weighted by Crippen LogP contribution is 2.30. The summed E-state index contributed by atoms with van der Waals surface area (Å²) in [6.07, 6.45) is 5.34. The van der Waals surface area contributed by atoms with Crippen LogP contribution in [0.5, 0.6) is 0 Å². The number of carbonyl (C=O) groups is 2. The molecule has 2 saturated heterocycles. The molecule has 2 amide bonds. The Labute approximate surface area is 161 Å². The lowest BCUT2D eigenvalue weighted by Crippen LogP contribution is -2.34. The smallest absolute Gasteiger partial charge is 0.290 e. The molecule has 2 aliphatic heterocycles. The second kappa shape index (κ2) is 7.40. The minimum Gasteiger partial charge on any atom is -0.399 e. The molecule has 27 heavy (non-hydrogen) atoms. The number of hydrogen-bond acceptors (Lipinski definition) is 7. The highest BCUT2D eigenvalue weighted by Gasteiger charge is 2.26. The molecule has 2 fully saturated rings. The van der Waals surface area contributed by atoms with E-state index in [-0.39, 0.29) is 11.1 Å². The summed E-state index contributed by atoms with van der Waals surface area (Å²) in [5.41, 5.74) is 8.49. The zero-order valence-electron chi connectivity index (χ0n) is 14.6. The van der Waals surface area contributed by atoms with Crippen LogP contribution in [0.2, 0.25) is 0 Å². The lowest BCUT2D eigenvalue weighted by atomic mass is 9.89. The van der Waals surface area contributed by atoms with Crippen LogP contribution in [0.1, 0.15) is 30.0 Å². The van der Waals surface area contributed by atoms with E-state index in [1.807, 2.05) is 12.1 Å². The number of hydrogen-bond donors (Lipinski definition) is 2. The number of rotatable bonds is 3. The summed E-state index contributed by atoms with van der Waals surface area (Å²) in [6.45, 7) is 1.73. The van der Waals surface area contributed by atoms with Gasteiger partial charge in [-0.1, -0.05) is 12.1 Å². The summed E-state index contributed by atoms with van der Waals surface area (Å²) in [5, 5.41) is 1.89. The summed E-state index contributed by atoms with van der Waals surface area (Å²) in [6, 6.07) is 9.83. The van der Waals surface area contributed by atoms with Gasteiger partial charge >= 0.3 is 0 Å². The van der Waals surface area contributed by atoms with Gasteiger partial charge in [0.1, 0.15) is 0 Å². The summed E-state index contributed by atoms with van der Waals surface area (Å²) in [4.78, 5) is 34.4. The summed E-state index contributed by atoms with van der Waals surface area (Å²) in [5.74, 6) is 0.779. The highest BCUT2D eigenvalue weighted by molar-refractivity contribution is 8.18. The fraction of sp³-hybridized carbons (Fsp3) is 0.263. The van der Waals surface area contributed by atoms with Gasteiger partial charge in [-0.15, -0.1) is 0 Å². The maximum atomic E-state index is 11.7. The van der Waals surface area contributed by atoms with Crippen molar-refractivity contribution in [3.63, 3.8) is 0 Å². The predicted octanol–water partition coefficient (Wildman–Crippen LogP) is 2.77. The van der Waals surface area contributed by atoms with Gasteiger partial charge in [-0.05, 0) is 60.4 Å². The Morgan fingerprint density at radius 2 is 1.89 bits per heavy atom. The lowest BCUT2D eigenvalue weighted by Gasteiger charge is -2.32. The number of nitrogens with two attached hydrogens (primary N) is 1. The number of nitrogens with one attached hydrogen (secondary N) is 1. The van der Waals surface area contributed by atoms with Crippen LogP contribution >= 0.6 is 11.8 Å². The standard InChI is InChI=1S/C19H19N5O2S/c20-14-3-1-12(2-4-14)13-6-9-24(10-7-13)18-21-8-5-15(22-18)11-16-17(25)23-19(26)27-16/h1-5,8,11,13H,6-7,9-10,20H2,(H,23,25,26)/b16-11+. The average molecular weight is 381 g/mol. The van der Waals surface area contributed by atoms with Crippen LogP contribution in [0.25, 0.3) is 6.08 Å². The first-order valence-corrected chi connectivity index (χ1v) is 9.58. The van der Waals surface area contributed by atoms with Crippen molar-refractivity contribution in [2.24, 2.45) is 0 Å². The van der Waals surface area contributed by atoms with Crippen LogP contribution in [0.4, 0.5) is 16.4 Å². The third kappa shape index (κ3) is 3.95. The molecule has 3 N–H and O–H groups in total. The minimum absolute atomic E-state index is 0.353. The van der Waals surface area contributed by atoms with Gasteiger partial charge in [0.2, 0.25) is 5.95 Å². The van der Waals surface area contributed by atoms with E-state index in [0.29, 0.717) is 22.5 Å². The molecule has 4 rings (SSSR count). The molecule has 0 aliphatic carbocycles. The number of aromatic nitrogens is 2. The van der Waals surface area contributed by atoms with Crippen molar-refractivity contribution < 1.29 is 9.59 Å². The van der Waals surface area contributed by atoms with Crippen molar-refractivity contribution >= 4 is 40.6 Å². The zero-order chi connectivity index (χ0) is 18.8. The molecule has 0 unspecified atom stereocenters. The fourth-order valence-electron chi connectivity index (χ4n) is 3.33. The third-order valence-corrected chi connectivity index (χ3v) is 5.58. The summed E-state index contributed by atoms with van der Waals surface area (Å²) < 4.78 is 0. The first-order chi connectivity index (χ1) is 13.1. The molecule has 1 aromatic heterocycles. The molecule has 0 atom stereocenters. The molecule has 0 radical (unpaired) electrons. The van der Waals surface area contributed by atoms with E-state index in [2.05, 4.69) is 32.3 Å². The molecular weight excluding hydrogens is 362 g/mol. The lowest BCUT2D eigenvalue weighted by molar-refractivity contribution is -0.115. The number of amides is 2. The third-order valence-electron chi connectivity index (χ3n) is 4.77. The van der Waals surface area contributed by atoms with Gasteiger partial charge in [-0.3, -0.25) is 14.9 Å². The second-order valence-corrected chi connectivity index (χ2v) is 7.58. The molecule has 0 saturated carbocycles. The zero-order valence-corrected chi connectivity index (χ0v) is 15.4. The van der Waals surface area contributed by atoms with Gasteiger partial charge in [-0.25, -0.2) is 9.97 Å². The maximum absolute atomic E-state index is 11.7. The van der Waals surface area contributed by atoms with Crippen LogP contribution in [0.15, 0.2) is 41.4 Å². The Morgan fingerprint density at radius 1 is 1.15 bits per heavy atom. The van der Waals surface area contributed by atoms with E-state index in [0.717, 1.165) is 43.4 Å². The van der Waals surface area contributed by atoms with Crippen molar-refractivity contribution in [3.8, 4) is 0 Å². The van der Waals surface area contributed by atoms with Crippen LogP contribution in [0, 0.1) is 0 Å². The van der Waals surface area contributed by atoms with Crippen LogP contribution in [0.3, 0.4) is 0 Å². The van der Waals surface area contributed by atoms with Gasteiger partial charge in [0, 0.05) is 25.0 Å². The van der Waals surface area contributed by atoms with E-state index in [9.17, 15) is 9.59 Å². The number of anilines is 2. The average Bonchev–Trinajstić information content (AvgIpc) is 3.00. The number of piperidine rings is 1. The summed E-state index contributed by atoms with van der Waals surface area (Å²) >= 11 is 0.887. The largest absolute Gasteiger partial charge is 0.399 e. The van der Waals surface area contributed by atoms with Gasteiger partial charge in [0.05, 0.1) is 10.6 Å². The fourth-order valence-corrected chi connectivity index (χ4v) is 4.00. The van der Waals surface area contributed by atoms with Crippen molar-refractivity contribution in [2.75, 3.05) is 23.7 Å². The minimum atomic E-state index is -0.380. The molecular formula is C19H19N5O2S. The van der Waals surface area contributed by atoms with Crippen LogP contribution in [-0.4, -0.2) is 34.2 Å². The number of nitrogens with zero attached hydrogens (tertiary/aromatic N) is 3.